The van der Waals surface area contributed by atoms with Crippen LogP contribution in [0.15, 0.2) is 30.3 Å². The molecule has 1 rings (SSSR count). The number of unbranched alkanes of at least 4 members (excludes halogenated alkanes) is 5. The van der Waals surface area contributed by atoms with Crippen molar-refractivity contribution in [1.29, 1.82) is 0 Å². The third kappa shape index (κ3) is 7.14. The van der Waals surface area contributed by atoms with Gasteiger partial charge in [-0.05, 0) is 32.8 Å². The molecular weight excluding hydrogens is 352 g/mol. The Kier molecular flexibility index (Phi) is 12.6. The molecule has 0 saturated carbocycles. The summed E-state index contributed by atoms with van der Waals surface area (Å²) >= 11 is 0. The zero-order valence-electron chi connectivity index (χ0n) is 18.8. The number of rotatable bonds is 17. The summed E-state index contributed by atoms with van der Waals surface area (Å²) in [5.74, 6) is -1.21. The lowest BCUT2D eigenvalue weighted by atomic mass is 9.85. The van der Waals surface area contributed by atoms with Crippen molar-refractivity contribution in [2.75, 3.05) is 26.9 Å². The lowest BCUT2D eigenvalue weighted by Crippen LogP contribution is -2.62. The maximum absolute atomic E-state index is 6.22. The largest absolute Gasteiger partial charge is 0.369 e. The van der Waals surface area contributed by atoms with E-state index in [1.54, 1.807) is 7.11 Å². The van der Waals surface area contributed by atoms with E-state index in [4.69, 9.17) is 18.9 Å². The van der Waals surface area contributed by atoms with Gasteiger partial charge in [0, 0.05) is 33.4 Å². The van der Waals surface area contributed by atoms with Crippen LogP contribution in [0.5, 0.6) is 0 Å². The van der Waals surface area contributed by atoms with Crippen molar-refractivity contribution in [3.63, 3.8) is 0 Å². The maximum atomic E-state index is 6.22. The molecule has 0 amide bonds. The summed E-state index contributed by atoms with van der Waals surface area (Å²) in [6, 6.07) is 10.4. The van der Waals surface area contributed by atoms with Crippen LogP contribution in [0.4, 0.5) is 0 Å². The predicted octanol–water partition coefficient (Wildman–Crippen LogP) is 6.13. The Morgan fingerprint density at radius 3 is 1.75 bits per heavy atom. The fourth-order valence-electron chi connectivity index (χ4n) is 3.86. The predicted molar refractivity (Wildman–Crippen MR) is 115 cm³/mol. The van der Waals surface area contributed by atoms with Gasteiger partial charge in [-0.3, -0.25) is 0 Å². The van der Waals surface area contributed by atoms with Crippen molar-refractivity contribution in [2.45, 2.75) is 90.6 Å². The normalized spacial score (nSPS) is 14.2. The van der Waals surface area contributed by atoms with Crippen molar-refractivity contribution < 1.29 is 18.9 Å². The molecule has 0 heterocycles. The first kappa shape index (κ1) is 25.1. The molecule has 0 aliphatic heterocycles. The van der Waals surface area contributed by atoms with Gasteiger partial charge in [-0.15, -0.1) is 0 Å². The Morgan fingerprint density at radius 2 is 1.25 bits per heavy atom. The van der Waals surface area contributed by atoms with E-state index < -0.39 is 11.6 Å². The second kappa shape index (κ2) is 14.1. The third-order valence-electron chi connectivity index (χ3n) is 5.22. The highest BCUT2D eigenvalue weighted by Gasteiger charge is 2.55. The standard InChI is InChI=1S/C24H42O4/c1-6-10-11-12-13-17-20-23(25-5,21-22-18-15-14-16-19-22)24(26-7-2,27-8-3)28-9-4/h14-16,18-19H,6-13,17,20-21H2,1-5H3. The summed E-state index contributed by atoms with van der Waals surface area (Å²) < 4.78 is 24.7. The molecule has 0 aromatic heterocycles. The molecule has 0 spiro atoms. The van der Waals surface area contributed by atoms with Gasteiger partial charge in [-0.2, -0.15) is 0 Å². The molecule has 1 unspecified atom stereocenters. The summed E-state index contributed by atoms with van der Waals surface area (Å²) in [7, 11) is 1.76. The van der Waals surface area contributed by atoms with Crippen molar-refractivity contribution in [2.24, 2.45) is 0 Å². The zero-order chi connectivity index (χ0) is 20.7. The Balaban J connectivity index is 3.12. The highest BCUT2D eigenvalue weighted by molar-refractivity contribution is 5.18. The van der Waals surface area contributed by atoms with Crippen LogP contribution >= 0.6 is 0 Å². The number of methoxy groups -OCH3 is 1. The van der Waals surface area contributed by atoms with E-state index in [0.29, 0.717) is 26.2 Å². The van der Waals surface area contributed by atoms with Crippen molar-refractivity contribution in [3.05, 3.63) is 35.9 Å². The molecule has 0 fully saturated rings. The maximum Gasteiger partial charge on any atom is 0.314 e. The van der Waals surface area contributed by atoms with Crippen LogP contribution in [0.25, 0.3) is 0 Å². The highest BCUT2D eigenvalue weighted by atomic mass is 16.9. The molecule has 4 nitrogen and oxygen atoms in total. The van der Waals surface area contributed by atoms with Crippen LogP contribution < -0.4 is 0 Å². The van der Waals surface area contributed by atoms with Gasteiger partial charge in [0.1, 0.15) is 0 Å². The van der Waals surface area contributed by atoms with Crippen LogP contribution in [0.1, 0.15) is 78.2 Å². The van der Waals surface area contributed by atoms with Crippen LogP contribution in [0.2, 0.25) is 0 Å². The summed E-state index contributed by atoms with van der Waals surface area (Å²) in [6.45, 7) is 9.65. The first-order valence-corrected chi connectivity index (χ1v) is 11.1. The summed E-state index contributed by atoms with van der Waals surface area (Å²) in [6.07, 6.45) is 8.86. The monoisotopic (exact) mass is 394 g/mol. The average Bonchev–Trinajstić information content (AvgIpc) is 2.71. The summed E-state index contributed by atoms with van der Waals surface area (Å²) in [5.41, 5.74) is 0.486. The fourth-order valence-corrected chi connectivity index (χ4v) is 3.86. The molecule has 162 valence electrons. The fraction of sp³-hybridized carbons (Fsp3) is 0.750. The minimum atomic E-state index is -1.21. The third-order valence-corrected chi connectivity index (χ3v) is 5.22. The number of ether oxygens (including phenoxy) is 4. The van der Waals surface area contributed by atoms with E-state index in [1.165, 1.54) is 37.7 Å². The number of benzene rings is 1. The molecule has 1 aromatic carbocycles. The molecule has 0 N–H and O–H groups in total. The Bertz CT molecular complexity index is 474. The molecule has 0 aliphatic carbocycles. The van der Waals surface area contributed by atoms with Gasteiger partial charge in [0.15, 0.2) is 5.60 Å². The van der Waals surface area contributed by atoms with E-state index >= 15 is 0 Å². The van der Waals surface area contributed by atoms with Crippen molar-refractivity contribution in [1.82, 2.24) is 0 Å². The first-order chi connectivity index (χ1) is 13.6. The Hall–Kier alpha value is -0.940. The van der Waals surface area contributed by atoms with E-state index in [2.05, 4.69) is 31.2 Å². The van der Waals surface area contributed by atoms with Crippen LogP contribution in [0.3, 0.4) is 0 Å². The quantitative estimate of drug-likeness (QED) is 0.235. The van der Waals surface area contributed by atoms with Crippen molar-refractivity contribution >= 4 is 0 Å². The topological polar surface area (TPSA) is 36.9 Å². The van der Waals surface area contributed by atoms with Gasteiger partial charge < -0.3 is 18.9 Å². The second-order valence-electron chi connectivity index (χ2n) is 7.23. The van der Waals surface area contributed by atoms with E-state index in [0.717, 1.165) is 12.8 Å². The van der Waals surface area contributed by atoms with Crippen LogP contribution in [0, 0.1) is 0 Å². The minimum absolute atomic E-state index is 0.496. The zero-order valence-corrected chi connectivity index (χ0v) is 18.8. The van der Waals surface area contributed by atoms with Gasteiger partial charge in [-0.25, -0.2) is 0 Å². The lowest BCUT2D eigenvalue weighted by molar-refractivity contribution is -0.443. The van der Waals surface area contributed by atoms with Gasteiger partial charge in [-0.1, -0.05) is 75.8 Å². The van der Waals surface area contributed by atoms with E-state index in [-0.39, 0.29) is 0 Å². The minimum Gasteiger partial charge on any atom is -0.369 e. The number of hydrogen-bond donors (Lipinski definition) is 0. The summed E-state index contributed by atoms with van der Waals surface area (Å²) in [5, 5.41) is 0. The average molecular weight is 395 g/mol. The molecule has 1 aromatic rings. The van der Waals surface area contributed by atoms with Gasteiger partial charge >= 0.3 is 5.97 Å². The molecular formula is C24H42O4. The molecule has 4 heteroatoms. The second-order valence-corrected chi connectivity index (χ2v) is 7.23. The van der Waals surface area contributed by atoms with Gasteiger partial charge in [0.05, 0.1) is 0 Å². The number of hydrogen-bond acceptors (Lipinski definition) is 4. The molecule has 0 aliphatic rings. The summed E-state index contributed by atoms with van der Waals surface area (Å²) in [4.78, 5) is 0. The highest BCUT2D eigenvalue weighted by Crippen LogP contribution is 2.40. The molecule has 0 radical (unpaired) electrons. The van der Waals surface area contributed by atoms with Crippen LogP contribution in [-0.2, 0) is 25.4 Å². The molecule has 28 heavy (non-hydrogen) atoms. The molecule has 1 atom stereocenters. The van der Waals surface area contributed by atoms with E-state index in [9.17, 15) is 0 Å². The Labute approximate surface area is 172 Å². The van der Waals surface area contributed by atoms with Crippen LogP contribution in [-0.4, -0.2) is 38.5 Å². The van der Waals surface area contributed by atoms with Gasteiger partial charge in [0.25, 0.3) is 0 Å². The van der Waals surface area contributed by atoms with Crippen molar-refractivity contribution in [3.8, 4) is 0 Å². The smallest absolute Gasteiger partial charge is 0.314 e. The lowest BCUT2D eigenvalue weighted by Gasteiger charge is -2.47. The van der Waals surface area contributed by atoms with E-state index in [1.807, 2.05) is 26.8 Å². The molecule has 0 saturated heterocycles. The first-order valence-electron chi connectivity index (χ1n) is 11.1. The Morgan fingerprint density at radius 1 is 0.714 bits per heavy atom. The molecule has 0 bridgehead atoms. The SMILES string of the molecule is CCCCCCCCC(Cc1ccccc1)(OC)C(OCC)(OCC)OCC. The van der Waals surface area contributed by atoms with Gasteiger partial charge in [0.2, 0.25) is 0 Å².